The number of carbonyl (C=O) groups is 1. The van der Waals surface area contributed by atoms with E-state index in [1.807, 2.05) is 18.0 Å². The number of amides is 1. The van der Waals surface area contributed by atoms with E-state index in [1.54, 1.807) is 0 Å². The third kappa shape index (κ3) is 5.60. The number of primary amides is 1. The highest BCUT2D eigenvalue weighted by molar-refractivity contribution is 7.97. The molecule has 2 aliphatic rings. The molecule has 0 unspecified atom stereocenters. The minimum absolute atomic E-state index is 0.377. The molecule has 0 bridgehead atoms. The van der Waals surface area contributed by atoms with E-state index in [0.29, 0.717) is 11.5 Å². The maximum atomic E-state index is 12.4. The standard InChI is InChI=1S/C29H38N4OS/c1-2-3-16-35-33-14-10-23(11-15-33)27-19-31-28-25(27)17-24(18-26(28)29(30)34)22-8-6-21(7-9-22)20-32-12-4-5-13-32/h6-9,17-19,23,31H,2-5,10-16,20H2,1H3,(H2,30,34). The lowest BCUT2D eigenvalue weighted by atomic mass is 9.88. The van der Waals surface area contributed by atoms with Gasteiger partial charge in [0.25, 0.3) is 5.91 Å². The maximum absolute atomic E-state index is 12.4. The van der Waals surface area contributed by atoms with E-state index in [4.69, 9.17) is 5.73 Å². The third-order valence-corrected chi connectivity index (χ3v) is 8.85. The topological polar surface area (TPSA) is 65.4 Å². The highest BCUT2D eigenvalue weighted by Crippen LogP contribution is 2.38. The largest absolute Gasteiger partial charge is 0.366 e. The Labute approximate surface area is 213 Å². The first-order chi connectivity index (χ1) is 17.1. The van der Waals surface area contributed by atoms with E-state index in [9.17, 15) is 4.79 Å². The molecule has 5 rings (SSSR count). The Morgan fingerprint density at radius 1 is 1.06 bits per heavy atom. The minimum Gasteiger partial charge on any atom is -0.366 e. The smallest absolute Gasteiger partial charge is 0.250 e. The van der Waals surface area contributed by atoms with Crippen LogP contribution in [0, 0.1) is 0 Å². The van der Waals surface area contributed by atoms with Crippen LogP contribution in [-0.2, 0) is 6.54 Å². The molecule has 0 atom stereocenters. The van der Waals surface area contributed by atoms with Gasteiger partial charge < -0.3 is 10.7 Å². The number of H-pyrrole nitrogens is 1. The number of nitrogens with zero attached hydrogens (tertiary/aromatic N) is 2. The maximum Gasteiger partial charge on any atom is 0.250 e. The van der Waals surface area contributed by atoms with E-state index >= 15 is 0 Å². The van der Waals surface area contributed by atoms with Crippen LogP contribution in [0.1, 0.15) is 72.9 Å². The van der Waals surface area contributed by atoms with Gasteiger partial charge >= 0.3 is 0 Å². The van der Waals surface area contributed by atoms with Gasteiger partial charge in [-0.15, -0.1) is 0 Å². The molecular formula is C29H38N4OS. The number of benzene rings is 2. The van der Waals surface area contributed by atoms with E-state index < -0.39 is 0 Å². The molecule has 0 aliphatic carbocycles. The van der Waals surface area contributed by atoms with Crippen LogP contribution in [0.5, 0.6) is 0 Å². The Hall–Kier alpha value is -2.28. The predicted octanol–water partition coefficient (Wildman–Crippen LogP) is 6.16. The van der Waals surface area contributed by atoms with Crippen molar-refractivity contribution < 1.29 is 4.79 Å². The second-order valence-electron chi connectivity index (χ2n) is 10.1. The minimum atomic E-state index is -0.377. The third-order valence-electron chi connectivity index (χ3n) is 7.64. The Balaban J connectivity index is 1.38. The van der Waals surface area contributed by atoms with Crippen molar-refractivity contribution in [2.45, 2.75) is 57.9 Å². The molecule has 0 radical (unpaired) electrons. The van der Waals surface area contributed by atoms with Crippen molar-refractivity contribution in [2.75, 3.05) is 31.9 Å². The SMILES string of the molecule is CCCCSN1CCC(c2c[nH]c3c(C(N)=O)cc(-c4ccc(CN5CCCC5)cc4)cc23)CC1. The highest BCUT2D eigenvalue weighted by atomic mass is 32.2. The van der Waals surface area contributed by atoms with Gasteiger partial charge in [-0.1, -0.05) is 49.6 Å². The number of piperidine rings is 1. The van der Waals surface area contributed by atoms with E-state index in [2.05, 4.69) is 57.6 Å². The van der Waals surface area contributed by atoms with Crippen molar-refractivity contribution in [3.05, 3.63) is 59.3 Å². The number of carbonyl (C=O) groups excluding carboxylic acids is 1. The predicted molar refractivity (Wildman–Crippen MR) is 148 cm³/mol. The molecule has 1 aromatic heterocycles. The Morgan fingerprint density at radius 3 is 2.49 bits per heavy atom. The number of hydrogen-bond donors (Lipinski definition) is 2. The molecule has 35 heavy (non-hydrogen) atoms. The summed E-state index contributed by atoms with van der Waals surface area (Å²) in [5.74, 6) is 1.35. The van der Waals surface area contributed by atoms with Crippen molar-refractivity contribution in [3.8, 4) is 11.1 Å². The normalized spacial score (nSPS) is 18.0. The molecule has 5 nitrogen and oxygen atoms in total. The fourth-order valence-electron chi connectivity index (χ4n) is 5.59. The van der Waals surface area contributed by atoms with Crippen LogP contribution < -0.4 is 5.73 Å². The number of nitrogens with two attached hydrogens (primary N) is 1. The fraction of sp³-hybridized carbons (Fsp3) is 0.483. The van der Waals surface area contributed by atoms with Gasteiger partial charge in [-0.2, -0.15) is 0 Å². The van der Waals surface area contributed by atoms with Crippen molar-refractivity contribution in [3.63, 3.8) is 0 Å². The zero-order chi connectivity index (χ0) is 24.2. The van der Waals surface area contributed by atoms with E-state index in [1.165, 1.54) is 55.7 Å². The van der Waals surface area contributed by atoms with E-state index in [0.717, 1.165) is 54.5 Å². The molecule has 186 valence electrons. The van der Waals surface area contributed by atoms with Crippen LogP contribution in [0.4, 0.5) is 0 Å². The van der Waals surface area contributed by atoms with Crippen LogP contribution in [0.15, 0.2) is 42.6 Å². The Bertz CT molecular complexity index is 1140. The average molecular weight is 491 g/mol. The first-order valence-electron chi connectivity index (χ1n) is 13.3. The zero-order valence-corrected chi connectivity index (χ0v) is 21.7. The lowest BCUT2D eigenvalue weighted by Crippen LogP contribution is -2.27. The quantitative estimate of drug-likeness (QED) is 0.279. The first-order valence-corrected chi connectivity index (χ1v) is 14.2. The number of hydrogen-bond acceptors (Lipinski definition) is 4. The Morgan fingerprint density at radius 2 is 1.80 bits per heavy atom. The van der Waals surface area contributed by atoms with Crippen LogP contribution in [0.25, 0.3) is 22.0 Å². The molecular weight excluding hydrogens is 452 g/mol. The number of nitrogens with one attached hydrogen (secondary N) is 1. The summed E-state index contributed by atoms with van der Waals surface area (Å²) >= 11 is 2.00. The summed E-state index contributed by atoms with van der Waals surface area (Å²) in [6, 6.07) is 13.0. The first kappa shape index (κ1) is 24.4. The summed E-state index contributed by atoms with van der Waals surface area (Å²) in [7, 11) is 0. The number of unbranched alkanes of at least 4 members (excludes halogenated alkanes) is 1. The molecule has 2 saturated heterocycles. The van der Waals surface area contributed by atoms with Gasteiger partial charge in [-0.3, -0.25) is 14.0 Å². The van der Waals surface area contributed by atoms with Crippen LogP contribution in [-0.4, -0.2) is 52.0 Å². The lowest BCUT2D eigenvalue weighted by molar-refractivity contribution is 0.100. The summed E-state index contributed by atoms with van der Waals surface area (Å²) in [4.78, 5) is 18.3. The molecule has 3 heterocycles. The number of aromatic nitrogens is 1. The van der Waals surface area contributed by atoms with Gasteiger partial charge in [0.05, 0.1) is 11.1 Å². The van der Waals surface area contributed by atoms with Gasteiger partial charge in [-0.05, 0) is 85.5 Å². The van der Waals surface area contributed by atoms with Gasteiger partial charge in [0, 0.05) is 37.0 Å². The molecule has 2 aromatic carbocycles. The lowest BCUT2D eigenvalue weighted by Gasteiger charge is -2.31. The molecule has 0 saturated carbocycles. The number of likely N-dealkylation sites (tertiary alicyclic amines) is 1. The average Bonchev–Trinajstić information content (AvgIpc) is 3.54. The zero-order valence-electron chi connectivity index (χ0n) is 20.9. The molecule has 0 spiro atoms. The molecule has 1 amide bonds. The summed E-state index contributed by atoms with van der Waals surface area (Å²) in [6.07, 6.45) is 9.56. The van der Waals surface area contributed by atoms with Crippen LogP contribution in [0.2, 0.25) is 0 Å². The van der Waals surface area contributed by atoms with Crippen LogP contribution in [0.3, 0.4) is 0 Å². The monoisotopic (exact) mass is 490 g/mol. The summed E-state index contributed by atoms with van der Waals surface area (Å²) in [5.41, 5.74) is 12.2. The van der Waals surface area contributed by atoms with Gasteiger partial charge in [0.1, 0.15) is 0 Å². The van der Waals surface area contributed by atoms with Crippen molar-refractivity contribution >= 4 is 28.8 Å². The fourth-order valence-corrected chi connectivity index (χ4v) is 6.73. The second kappa shape index (κ2) is 11.2. The van der Waals surface area contributed by atoms with E-state index in [-0.39, 0.29) is 5.91 Å². The summed E-state index contributed by atoms with van der Waals surface area (Å²) in [6.45, 7) is 7.91. The second-order valence-corrected chi connectivity index (χ2v) is 11.3. The summed E-state index contributed by atoms with van der Waals surface area (Å²) < 4.78 is 2.53. The highest BCUT2D eigenvalue weighted by Gasteiger charge is 2.24. The van der Waals surface area contributed by atoms with Crippen molar-refractivity contribution in [2.24, 2.45) is 5.73 Å². The number of rotatable bonds is 9. The van der Waals surface area contributed by atoms with Gasteiger partial charge in [-0.25, -0.2) is 0 Å². The van der Waals surface area contributed by atoms with Crippen molar-refractivity contribution in [1.29, 1.82) is 0 Å². The molecule has 6 heteroatoms. The molecule has 2 aliphatic heterocycles. The molecule has 3 aromatic rings. The van der Waals surface area contributed by atoms with Gasteiger partial charge in [0.2, 0.25) is 0 Å². The Kier molecular flexibility index (Phi) is 7.81. The van der Waals surface area contributed by atoms with Crippen molar-refractivity contribution in [1.82, 2.24) is 14.2 Å². The van der Waals surface area contributed by atoms with Crippen LogP contribution >= 0.6 is 11.9 Å². The molecule has 3 N–H and O–H groups in total. The number of fused-ring (bicyclic) bond motifs is 1. The van der Waals surface area contributed by atoms with Gasteiger partial charge in [0.15, 0.2) is 0 Å². The molecule has 2 fully saturated rings. The summed E-state index contributed by atoms with van der Waals surface area (Å²) in [5, 5.41) is 1.15. The number of aromatic amines is 1.